The predicted molar refractivity (Wildman–Crippen MR) is 120 cm³/mol. The molecule has 1 saturated heterocycles. The molecule has 0 aliphatic carbocycles. The highest BCUT2D eigenvalue weighted by atomic mass is 32.2. The molecule has 1 fully saturated rings. The van der Waals surface area contributed by atoms with Crippen LogP contribution in [0.25, 0.3) is 22.9 Å². The highest BCUT2D eigenvalue weighted by Crippen LogP contribution is 2.34. The molecule has 2 aromatic carbocycles. The Hall–Kier alpha value is -3.24. The van der Waals surface area contributed by atoms with Crippen LogP contribution in [0.2, 0.25) is 0 Å². The van der Waals surface area contributed by atoms with Crippen molar-refractivity contribution in [3.05, 3.63) is 48.5 Å². The van der Waals surface area contributed by atoms with Crippen molar-refractivity contribution in [2.75, 3.05) is 26.8 Å². The monoisotopic (exact) mass is 471 g/mol. The molecule has 0 radical (unpaired) electrons. The summed E-state index contributed by atoms with van der Waals surface area (Å²) in [6.45, 7) is 2.36. The molecule has 10 heteroatoms. The van der Waals surface area contributed by atoms with E-state index in [4.69, 9.17) is 13.9 Å². The number of nitrogens with zero attached hydrogens (tertiary/aromatic N) is 3. The summed E-state index contributed by atoms with van der Waals surface area (Å²) in [5, 5.41) is 8.16. The first-order valence-electron chi connectivity index (χ1n) is 10.7. The van der Waals surface area contributed by atoms with E-state index >= 15 is 0 Å². The molecule has 1 atom stereocenters. The van der Waals surface area contributed by atoms with Crippen LogP contribution < -0.4 is 4.74 Å². The zero-order chi connectivity index (χ0) is 23.4. The number of carbonyl (C=O) groups is 1. The second-order valence-corrected chi connectivity index (χ2v) is 9.50. The standard InChI is InChI=1S/C23H25N3O6S/c1-3-31-23(27)18-10-7-13-26(15-18)33(28,29)20-14-17(11-12-19(20)30-2)22-25-24-21(32-22)16-8-5-4-6-9-16/h4-6,8-9,11-12,14,18H,3,7,10,13,15H2,1-2H3. The summed E-state index contributed by atoms with van der Waals surface area (Å²) >= 11 is 0. The Morgan fingerprint density at radius 2 is 1.85 bits per heavy atom. The summed E-state index contributed by atoms with van der Waals surface area (Å²) in [7, 11) is -2.54. The summed E-state index contributed by atoms with van der Waals surface area (Å²) in [6.07, 6.45) is 1.15. The van der Waals surface area contributed by atoms with Gasteiger partial charge in [0.15, 0.2) is 0 Å². The van der Waals surface area contributed by atoms with E-state index in [1.165, 1.54) is 17.5 Å². The normalized spacial score (nSPS) is 17.0. The Bertz CT molecular complexity index is 1230. The van der Waals surface area contributed by atoms with Crippen LogP contribution >= 0.6 is 0 Å². The first-order chi connectivity index (χ1) is 15.9. The van der Waals surface area contributed by atoms with Crippen molar-refractivity contribution in [2.45, 2.75) is 24.7 Å². The minimum atomic E-state index is -3.95. The van der Waals surface area contributed by atoms with Gasteiger partial charge in [-0.1, -0.05) is 18.2 Å². The van der Waals surface area contributed by atoms with E-state index in [1.54, 1.807) is 19.1 Å². The highest BCUT2D eigenvalue weighted by Gasteiger charge is 2.35. The summed E-state index contributed by atoms with van der Waals surface area (Å²) < 4.78 is 44.6. The van der Waals surface area contributed by atoms with Crippen molar-refractivity contribution in [3.8, 4) is 28.7 Å². The second kappa shape index (κ2) is 9.72. The molecule has 3 aromatic rings. The molecule has 9 nitrogen and oxygen atoms in total. The second-order valence-electron chi connectivity index (χ2n) is 7.60. The quantitative estimate of drug-likeness (QED) is 0.482. The van der Waals surface area contributed by atoms with Gasteiger partial charge >= 0.3 is 5.97 Å². The molecule has 0 spiro atoms. The fraction of sp³-hybridized carbons (Fsp3) is 0.348. The van der Waals surface area contributed by atoms with E-state index in [9.17, 15) is 13.2 Å². The third kappa shape index (κ3) is 4.76. The first-order valence-corrected chi connectivity index (χ1v) is 12.1. The number of carbonyl (C=O) groups excluding carboxylic acids is 1. The number of ether oxygens (including phenoxy) is 2. The van der Waals surface area contributed by atoms with E-state index in [0.29, 0.717) is 30.8 Å². The number of rotatable bonds is 7. The molecule has 0 amide bonds. The lowest BCUT2D eigenvalue weighted by molar-refractivity contribution is -0.149. The van der Waals surface area contributed by atoms with Crippen LogP contribution in [-0.4, -0.2) is 55.7 Å². The van der Waals surface area contributed by atoms with Gasteiger partial charge in [-0.25, -0.2) is 8.42 Å². The Kier molecular flexibility index (Phi) is 6.75. The lowest BCUT2D eigenvalue weighted by Crippen LogP contribution is -2.42. The van der Waals surface area contributed by atoms with Gasteiger partial charge in [0.2, 0.25) is 21.8 Å². The zero-order valence-electron chi connectivity index (χ0n) is 18.4. The van der Waals surface area contributed by atoms with Gasteiger partial charge in [-0.05, 0) is 50.1 Å². The van der Waals surface area contributed by atoms with Crippen LogP contribution in [-0.2, 0) is 19.6 Å². The molecule has 0 bridgehead atoms. The number of hydrogen-bond acceptors (Lipinski definition) is 8. The summed E-state index contributed by atoms with van der Waals surface area (Å²) in [5.41, 5.74) is 1.21. The first kappa shape index (κ1) is 22.9. The van der Waals surface area contributed by atoms with Gasteiger partial charge in [0.1, 0.15) is 10.6 Å². The minimum Gasteiger partial charge on any atom is -0.495 e. The van der Waals surface area contributed by atoms with Gasteiger partial charge in [-0.15, -0.1) is 10.2 Å². The fourth-order valence-corrected chi connectivity index (χ4v) is 5.51. The van der Waals surface area contributed by atoms with Gasteiger partial charge in [0.25, 0.3) is 0 Å². The van der Waals surface area contributed by atoms with Gasteiger partial charge < -0.3 is 13.9 Å². The molecule has 0 saturated carbocycles. The topological polar surface area (TPSA) is 112 Å². The third-order valence-electron chi connectivity index (χ3n) is 5.48. The lowest BCUT2D eigenvalue weighted by atomic mass is 10.0. The van der Waals surface area contributed by atoms with E-state index in [2.05, 4.69) is 10.2 Å². The molecule has 1 aliphatic rings. The Morgan fingerprint density at radius 1 is 1.12 bits per heavy atom. The number of benzene rings is 2. The Morgan fingerprint density at radius 3 is 2.55 bits per heavy atom. The van der Waals surface area contributed by atoms with Gasteiger partial charge in [-0.2, -0.15) is 4.31 Å². The molecule has 2 heterocycles. The summed E-state index contributed by atoms with van der Waals surface area (Å²) in [4.78, 5) is 12.2. The molecule has 174 valence electrons. The van der Waals surface area contributed by atoms with Crippen LogP contribution in [0, 0.1) is 5.92 Å². The SMILES string of the molecule is CCOC(=O)C1CCCN(S(=O)(=O)c2cc(-c3nnc(-c4ccccc4)o3)ccc2OC)C1. The van der Waals surface area contributed by atoms with E-state index in [1.807, 2.05) is 30.3 Å². The molecule has 1 aromatic heterocycles. The fourth-order valence-electron chi connectivity index (χ4n) is 3.80. The molecule has 4 rings (SSSR count). The summed E-state index contributed by atoms with van der Waals surface area (Å²) in [5.74, 6) is -0.153. The average Bonchev–Trinajstić information content (AvgIpc) is 3.35. The van der Waals surface area contributed by atoms with Crippen LogP contribution in [0.5, 0.6) is 5.75 Å². The van der Waals surface area contributed by atoms with E-state index in [0.717, 1.165) is 5.56 Å². The third-order valence-corrected chi connectivity index (χ3v) is 7.36. The highest BCUT2D eigenvalue weighted by molar-refractivity contribution is 7.89. The van der Waals surface area contributed by atoms with Gasteiger partial charge in [0, 0.05) is 24.2 Å². The number of hydrogen-bond donors (Lipinski definition) is 0. The van der Waals surface area contributed by atoms with Crippen LogP contribution in [0.3, 0.4) is 0 Å². The van der Waals surface area contributed by atoms with Gasteiger partial charge in [0.05, 0.1) is 19.6 Å². The lowest BCUT2D eigenvalue weighted by Gasteiger charge is -2.31. The maximum atomic E-state index is 13.5. The van der Waals surface area contributed by atoms with Crippen molar-refractivity contribution < 1.29 is 27.1 Å². The largest absolute Gasteiger partial charge is 0.495 e. The van der Waals surface area contributed by atoms with E-state index in [-0.39, 0.29) is 35.7 Å². The maximum absolute atomic E-state index is 13.5. The maximum Gasteiger partial charge on any atom is 0.310 e. The van der Waals surface area contributed by atoms with Crippen molar-refractivity contribution in [1.82, 2.24) is 14.5 Å². The molecule has 1 unspecified atom stereocenters. The smallest absolute Gasteiger partial charge is 0.310 e. The van der Waals surface area contributed by atoms with Crippen molar-refractivity contribution >= 4 is 16.0 Å². The molecule has 1 aliphatic heterocycles. The van der Waals surface area contributed by atoms with Crippen LogP contribution in [0.1, 0.15) is 19.8 Å². The van der Waals surface area contributed by atoms with Crippen molar-refractivity contribution in [2.24, 2.45) is 5.92 Å². The minimum absolute atomic E-state index is 0.0218. The predicted octanol–water partition coefficient (Wildman–Crippen LogP) is 3.38. The Labute approximate surface area is 192 Å². The average molecular weight is 472 g/mol. The van der Waals surface area contributed by atoms with Crippen LogP contribution in [0.4, 0.5) is 0 Å². The molecular formula is C23H25N3O6S. The number of piperidine rings is 1. The zero-order valence-corrected chi connectivity index (χ0v) is 19.2. The van der Waals surface area contributed by atoms with Crippen LogP contribution in [0.15, 0.2) is 57.8 Å². The van der Waals surface area contributed by atoms with E-state index < -0.39 is 15.9 Å². The number of esters is 1. The van der Waals surface area contributed by atoms with Gasteiger partial charge in [-0.3, -0.25) is 4.79 Å². The molecular weight excluding hydrogens is 446 g/mol. The number of sulfonamides is 1. The molecule has 33 heavy (non-hydrogen) atoms. The number of aromatic nitrogens is 2. The van der Waals surface area contributed by atoms with Crippen molar-refractivity contribution in [1.29, 1.82) is 0 Å². The Balaban J connectivity index is 1.66. The number of methoxy groups -OCH3 is 1. The molecule has 0 N–H and O–H groups in total. The van der Waals surface area contributed by atoms with Crippen molar-refractivity contribution in [3.63, 3.8) is 0 Å². The summed E-state index contributed by atoms with van der Waals surface area (Å²) in [6, 6.07) is 14.0.